The number of hydrogen-bond donors (Lipinski definition) is 2. The molecule has 0 amide bonds. The molecular weight excluding hydrogens is 389 g/mol. The number of benzene rings is 2. The van der Waals surface area contributed by atoms with E-state index in [0.717, 1.165) is 0 Å². The van der Waals surface area contributed by atoms with E-state index in [1.165, 1.54) is 36.4 Å². The standard InChI is InChI=1S/C15H15Cl2N3O4S/c16-11-2-5-13(6-3-11)25(23,24)19-9-1-8-18-14-7-4-12(17)10-15(14)20(21)22/h2-7,10,18-19H,1,8-9H2. The first-order valence-corrected chi connectivity index (χ1v) is 9.46. The van der Waals surface area contributed by atoms with Crippen LogP contribution in [0, 0.1) is 10.1 Å². The summed E-state index contributed by atoms with van der Waals surface area (Å²) >= 11 is 11.5. The third-order valence-corrected chi connectivity index (χ3v) is 5.21. The molecule has 0 spiro atoms. The van der Waals surface area contributed by atoms with Gasteiger partial charge in [0.25, 0.3) is 5.69 Å². The molecule has 0 bridgehead atoms. The van der Waals surface area contributed by atoms with Gasteiger partial charge in [0.2, 0.25) is 10.0 Å². The summed E-state index contributed by atoms with van der Waals surface area (Å²) in [7, 11) is -3.61. The SMILES string of the molecule is O=[N+]([O-])c1cc(Cl)ccc1NCCCNS(=O)(=O)c1ccc(Cl)cc1. The molecule has 0 saturated heterocycles. The maximum atomic E-state index is 12.1. The third kappa shape index (κ3) is 5.57. The zero-order valence-corrected chi connectivity index (χ0v) is 15.2. The first-order chi connectivity index (χ1) is 11.8. The van der Waals surface area contributed by atoms with Crippen LogP contribution in [-0.2, 0) is 10.0 Å². The normalized spacial score (nSPS) is 11.3. The number of nitro benzene ring substituents is 1. The topological polar surface area (TPSA) is 101 Å². The Labute approximate surface area is 155 Å². The minimum absolute atomic E-state index is 0.123. The van der Waals surface area contributed by atoms with E-state index < -0.39 is 14.9 Å². The Hall–Kier alpha value is -1.87. The lowest BCUT2D eigenvalue weighted by Crippen LogP contribution is -2.26. The van der Waals surface area contributed by atoms with E-state index >= 15 is 0 Å². The van der Waals surface area contributed by atoms with Crippen LogP contribution in [0.3, 0.4) is 0 Å². The van der Waals surface area contributed by atoms with Gasteiger partial charge in [-0.2, -0.15) is 0 Å². The van der Waals surface area contributed by atoms with Crippen LogP contribution in [-0.4, -0.2) is 26.4 Å². The lowest BCUT2D eigenvalue weighted by Gasteiger charge is -2.09. The summed E-state index contributed by atoms with van der Waals surface area (Å²) in [6.45, 7) is 0.533. The van der Waals surface area contributed by atoms with Gasteiger partial charge in [-0.3, -0.25) is 10.1 Å². The molecule has 134 valence electrons. The first-order valence-electron chi connectivity index (χ1n) is 7.22. The Balaban J connectivity index is 1.86. The second kappa shape index (κ2) is 8.48. The van der Waals surface area contributed by atoms with Crippen molar-refractivity contribution >= 4 is 44.6 Å². The zero-order valence-electron chi connectivity index (χ0n) is 12.9. The minimum atomic E-state index is -3.61. The number of sulfonamides is 1. The summed E-state index contributed by atoms with van der Waals surface area (Å²) in [5, 5.41) is 14.6. The van der Waals surface area contributed by atoms with Gasteiger partial charge in [0.15, 0.2) is 0 Å². The van der Waals surface area contributed by atoms with Crippen molar-refractivity contribution in [2.45, 2.75) is 11.3 Å². The number of nitro groups is 1. The molecule has 7 nitrogen and oxygen atoms in total. The van der Waals surface area contributed by atoms with E-state index in [-0.39, 0.29) is 22.2 Å². The number of nitrogens with zero attached hydrogens (tertiary/aromatic N) is 1. The number of rotatable bonds is 8. The fraction of sp³-hybridized carbons (Fsp3) is 0.200. The quantitative estimate of drug-likeness (QED) is 0.397. The number of halogens is 2. The van der Waals surface area contributed by atoms with Gasteiger partial charge in [0, 0.05) is 29.2 Å². The second-order valence-electron chi connectivity index (χ2n) is 5.05. The van der Waals surface area contributed by atoms with Crippen molar-refractivity contribution in [1.82, 2.24) is 4.72 Å². The average Bonchev–Trinajstić information content (AvgIpc) is 2.56. The highest BCUT2D eigenvalue weighted by molar-refractivity contribution is 7.89. The average molecular weight is 404 g/mol. The molecule has 0 aliphatic heterocycles. The summed E-state index contributed by atoms with van der Waals surface area (Å²) in [6.07, 6.45) is 0.437. The molecule has 25 heavy (non-hydrogen) atoms. The molecule has 2 N–H and O–H groups in total. The third-order valence-electron chi connectivity index (χ3n) is 3.24. The van der Waals surface area contributed by atoms with Crippen LogP contribution in [0.1, 0.15) is 6.42 Å². The van der Waals surface area contributed by atoms with Crippen molar-refractivity contribution in [1.29, 1.82) is 0 Å². The maximum Gasteiger partial charge on any atom is 0.293 e. The molecule has 0 heterocycles. The summed E-state index contributed by atoms with van der Waals surface area (Å²) in [5.74, 6) is 0. The van der Waals surface area contributed by atoms with Crippen molar-refractivity contribution in [3.8, 4) is 0 Å². The molecule has 0 aromatic heterocycles. The van der Waals surface area contributed by atoms with Gasteiger partial charge >= 0.3 is 0 Å². The van der Waals surface area contributed by atoms with Crippen LogP contribution >= 0.6 is 23.2 Å². The van der Waals surface area contributed by atoms with Crippen LogP contribution < -0.4 is 10.0 Å². The molecule has 2 aromatic rings. The molecule has 2 aromatic carbocycles. The second-order valence-corrected chi connectivity index (χ2v) is 7.69. The summed E-state index contributed by atoms with van der Waals surface area (Å²) in [4.78, 5) is 10.6. The number of anilines is 1. The van der Waals surface area contributed by atoms with Crippen LogP contribution in [0.4, 0.5) is 11.4 Å². The van der Waals surface area contributed by atoms with Crippen molar-refractivity contribution in [2.24, 2.45) is 0 Å². The Bertz CT molecular complexity index is 858. The molecule has 0 aliphatic rings. The van der Waals surface area contributed by atoms with Crippen molar-refractivity contribution in [2.75, 3.05) is 18.4 Å². The van der Waals surface area contributed by atoms with Gasteiger partial charge < -0.3 is 5.32 Å². The Morgan fingerprint density at radius 3 is 2.28 bits per heavy atom. The van der Waals surface area contributed by atoms with E-state index in [9.17, 15) is 18.5 Å². The lowest BCUT2D eigenvalue weighted by atomic mass is 10.2. The molecule has 0 fully saturated rings. The summed E-state index contributed by atoms with van der Waals surface area (Å²) in [6, 6.07) is 10.1. The summed E-state index contributed by atoms with van der Waals surface area (Å²) in [5.41, 5.74) is 0.198. The van der Waals surface area contributed by atoms with Gasteiger partial charge in [-0.25, -0.2) is 13.1 Å². The van der Waals surface area contributed by atoms with E-state index in [1.807, 2.05) is 0 Å². The lowest BCUT2D eigenvalue weighted by molar-refractivity contribution is -0.383. The van der Waals surface area contributed by atoms with E-state index in [0.29, 0.717) is 23.7 Å². The van der Waals surface area contributed by atoms with Gasteiger partial charge in [0.05, 0.1) is 9.82 Å². The Kier molecular flexibility index (Phi) is 6.60. The highest BCUT2D eigenvalue weighted by Gasteiger charge is 2.15. The van der Waals surface area contributed by atoms with Crippen molar-refractivity contribution in [3.63, 3.8) is 0 Å². The van der Waals surface area contributed by atoms with Gasteiger partial charge in [-0.05, 0) is 42.8 Å². The Morgan fingerprint density at radius 1 is 1.00 bits per heavy atom. The van der Waals surface area contributed by atoms with Crippen LogP contribution in [0.25, 0.3) is 0 Å². The summed E-state index contributed by atoms with van der Waals surface area (Å²) < 4.78 is 26.6. The highest BCUT2D eigenvalue weighted by atomic mass is 35.5. The number of nitrogens with one attached hydrogen (secondary N) is 2. The highest BCUT2D eigenvalue weighted by Crippen LogP contribution is 2.27. The molecule has 0 aliphatic carbocycles. The van der Waals surface area contributed by atoms with E-state index in [4.69, 9.17) is 23.2 Å². The molecule has 10 heteroatoms. The van der Waals surface area contributed by atoms with Crippen LogP contribution in [0.15, 0.2) is 47.4 Å². The molecule has 0 saturated carbocycles. The minimum Gasteiger partial charge on any atom is -0.379 e. The molecular formula is C15H15Cl2N3O4S. The fourth-order valence-electron chi connectivity index (χ4n) is 2.02. The van der Waals surface area contributed by atoms with Crippen molar-refractivity contribution < 1.29 is 13.3 Å². The van der Waals surface area contributed by atoms with Gasteiger partial charge in [-0.1, -0.05) is 23.2 Å². The van der Waals surface area contributed by atoms with Crippen LogP contribution in [0.5, 0.6) is 0 Å². The van der Waals surface area contributed by atoms with Crippen LogP contribution in [0.2, 0.25) is 10.0 Å². The fourth-order valence-corrected chi connectivity index (χ4v) is 3.39. The van der Waals surface area contributed by atoms with Crippen molar-refractivity contribution in [3.05, 3.63) is 62.6 Å². The van der Waals surface area contributed by atoms with E-state index in [2.05, 4.69) is 10.0 Å². The smallest absolute Gasteiger partial charge is 0.293 e. The largest absolute Gasteiger partial charge is 0.379 e. The van der Waals surface area contributed by atoms with Gasteiger partial charge in [-0.15, -0.1) is 0 Å². The predicted octanol–water partition coefficient (Wildman–Crippen LogP) is 3.68. The zero-order chi connectivity index (χ0) is 18.4. The number of hydrogen-bond acceptors (Lipinski definition) is 5. The Morgan fingerprint density at radius 2 is 1.64 bits per heavy atom. The monoisotopic (exact) mass is 403 g/mol. The molecule has 0 atom stereocenters. The van der Waals surface area contributed by atoms with Gasteiger partial charge in [0.1, 0.15) is 5.69 Å². The molecule has 2 rings (SSSR count). The predicted molar refractivity (Wildman–Crippen MR) is 97.9 cm³/mol. The first kappa shape index (κ1) is 19.5. The maximum absolute atomic E-state index is 12.1. The van der Waals surface area contributed by atoms with E-state index in [1.54, 1.807) is 6.07 Å². The molecule has 0 radical (unpaired) electrons. The molecule has 0 unspecified atom stereocenters.